The average molecular weight is 279 g/mol. The van der Waals surface area contributed by atoms with Crippen LogP contribution in [0.5, 0.6) is 0 Å². The molecule has 106 valence electrons. The maximum atomic E-state index is 6.09. The van der Waals surface area contributed by atoms with Crippen molar-refractivity contribution in [2.75, 3.05) is 10.6 Å². The molecule has 0 saturated heterocycles. The standard InChI is InChI=1S/C17H17N3O/c18-15-4-2-1-3-12(15)11-20(13-5-6-13)17-14-8-10-21-16(14)7-9-19-17/h1-4,7-10,13H,5-6,11,18H2. The summed E-state index contributed by atoms with van der Waals surface area (Å²) in [7, 11) is 0. The van der Waals surface area contributed by atoms with Gasteiger partial charge in [0.05, 0.1) is 11.6 Å². The molecule has 0 aliphatic heterocycles. The largest absolute Gasteiger partial charge is 0.464 e. The summed E-state index contributed by atoms with van der Waals surface area (Å²) < 4.78 is 5.49. The van der Waals surface area contributed by atoms with Gasteiger partial charge in [-0.25, -0.2) is 4.98 Å². The van der Waals surface area contributed by atoms with Crippen molar-refractivity contribution in [1.82, 2.24) is 4.98 Å². The molecule has 1 fully saturated rings. The molecule has 1 aromatic carbocycles. The summed E-state index contributed by atoms with van der Waals surface area (Å²) in [5, 5.41) is 1.07. The molecule has 21 heavy (non-hydrogen) atoms. The molecule has 1 saturated carbocycles. The predicted molar refractivity (Wildman–Crippen MR) is 84.1 cm³/mol. The van der Waals surface area contributed by atoms with E-state index in [1.54, 1.807) is 6.26 Å². The normalized spacial score (nSPS) is 14.5. The molecule has 4 rings (SSSR count). The van der Waals surface area contributed by atoms with Crippen LogP contribution in [0.3, 0.4) is 0 Å². The van der Waals surface area contributed by atoms with Crippen molar-refractivity contribution < 1.29 is 4.42 Å². The Morgan fingerprint density at radius 1 is 1.19 bits per heavy atom. The highest BCUT2D eigenvalue weighted by atomic mass is 16.3. The second-order valence-electron chi connectivity index (χ2n) is 5.52. The lowest BCUT2D eigenvalue weighted by Crippen LogP contribution is -2.26. The second-order valence-corrected chi connectivity index (χ2v) is 5.52. The van der Waals surface area contributed by atoms with E-state index in [-0.39, 0.29) is 0 Å². The molecular formula is C17H17N3O. The Kier molecular flexibility index (Phi) is 2.81. The van der Waals surface area contributed by atoms with Crippen LogP contribution in [-0.4, -0.2) is 11.0 Å². The van der Waals surface area contributed by atoms with Gasteiger partial charge in [0.2, 0.25) is 0 Å². The molecule has 2 heterocycles. The number of nitrogen functional groups attached to an aromatic ring is 1. The van der Waals surface area contributed by atoms with E-state index in [1.807, 2.05) is 36.5 Å². The molecule has 2 N–H and O–H groups in total. The van der Waals surface area contributed by atoms with Gasteiger partial charge in [0.25, 0.3) is 0 Å². The van der Waals surface area contributed by atoms with Gasteiger partial charge in [-0.2, -0.15) is 0 Å². The Morgan fingerprint density at radius 2 is 2.05 bits per heavy atom. The zero-order valence-electron chi connectivity index (χ0n) is 11.7. The zero-order chi connectivity index (χ0) is 14.2. The first-order valence-electron chi connectivity index (χ1n) is 7.25. The molecule has 4 heteroatoms. The van der Waals surface area contributed by atoms with E-state index in [1.165, 1.54) is 12.8 Å². The van der Waals surface area contributed by atoms with Crippen LogP contribution in [0.2, 0.25) is 0 Å². The molecule has 3 aromatic rings. The van der Waals surface area contributed by atoms with Crippen molar-refractivity contribution in [2.24, 2.45) is 0 Å². The summed E-state index contributed by atoms with van der Waals surface area (Å²) in [4.78, 5) is 6.94. The van der Waals surface area contributed by atoms with Crippen molar-refractivity contribution in [2.45, 2.75) is 25.4 Å². The summed E-state index contributed by atoms with van der Waals surface area (Å²) in [6.07, 6.45) is 5.95. The van der Waals surface area contributed by atoms with Crippen LogP contribution in [-0.2, 0) is 6.54 Å². The minimum atomic E-state index is 0.553. The van der Waals surface area contributed by atoms with Gasteiger partial charge in [-0.1, -0.05) is 18.2 Å². The van der Waals surface area contributed by atoms with Crippen molar-refractivity contribution in [3.05, 3.63) is 54.4 Å². The van der Waals surface area contributed by atoms with Crippen LogP contribution in [0.1, 0.15) is 18.4 Å². The number of furan rings is 1. The molecule has 0 atom stereocenters. The highest BCUT2D eigenvalue weighted by Crippen LogP contribution is 2.36. The summed E-state index contributed by atoms with van der Waals surface area (Å²) >= 11 is 0. The summed E-state index contributed by atoms with van der Waals surface area (Å²) in [6.45, 7) is 0.786. The molecule has 0 spiro atoms. The van der Waals surface area contributed by atoms with Crippen molar-refractivity contribution in [3.8, 4) is 0 Å². The fourth-order valence-electron chi connectivity index (χ4n) is 2.73. The summed E-state index contributed by atoms with van der Waals surface area (Å²) in [5.74, 6) is 0.993. The molecule has 0 radical (unpaired) electrons. The van der Waals surface area contributed by atoms with Crippen LogP contribution in [0, 0.1) is 0 Å². The Labute approximate surface area is 123 Å². The number of pyridine rings is 1. The van der Waals surface area contributed by atoms with Gasteiger partial charge >= 0.3 is 0 Å². The van der Waals surface area contributed by atoms with Crippen LogP contribution in [0.4, 0.5) is 11.5 Å². The maximum Gasteiger partial charge on any atom is 0.140 e. The van der Waals surface area contributed by atoms with Crippen LogP contribution >= 0.6 is 0 Å². The number of aromatic nitrogens is 1. The number of benzene rings is 1. The van der Waals surface area contributed by atoms with E-state index >= 15 is 0 Å². The van der Waals surface area contributed by atoms with Gasteiger partial charge in [-0.15, -0.1) is 0 Å². The number of rotatable bonds is 4. The lowest BCUT2D eigenvalue weighted by Gasteiger charge is -2.24. The summed E-state index contributed by atoms with van der Waals surface area (Å²) in [6, 6.07) is 12.5. The Hall–Kier alpha value is -2.49. The van der Waals surface area contributed by atoms with E-state index in [9.17, 15) is 0 Å². The van der Waals surface area contributed by atoms with Crippen molar-refractivity contribution in [3.63, 3.8) is 0 Å². The molecule has 4 nitrogen and oxygen atoms in total. The minimum absolute atomic E-state index is 0.553. The maximum absolute atomic E-state index is 6.09. The third kappa shape index (κ3) is 2.23. The lowest BCUT2D eigenvalue weighted by molar-refractivity contribution is 0.615. The van der Waals surface area contributed by atoms with E-state index < -0.39 is 0 Å². The van der Waals surface area contributed by atoms with Gasteiger partial charge in [0, 0.05) is 24.5 Å². The Balaban J connectivity index is 1.75. The fraction of sp³-hybridized carbons (Fsp3) is 0.235. The minimum Gasteiger partial charge on any atom is -0.464 e. The molecule has 1 aliphatic carbocycles. The van der Waals surface area contributed by atoms with Gasteiger partial charge in [-0.05, 0) is 36.6 Å². The molecule has 2 aromatic heterocycles. The van der Waals surface area contributed by atoms with Crippen molar-refractivity contribution >= 4 is 22.5 Å². The molecule has 1 aliphatic rings. The Bertz CT molecular complexity index is 776. The number of para-hydroxylation sites is 1. The predicted octanol–water partition coefficient (Wildman–Crippen LogP) is 3.58. The first-order valence-corrected chi connectivity index (χ1v) is 7.25. The fourth-order valence-corrected chi connectivity index (χ4v) is 2.73. The second kappa shape index (κ2) is 4.81. The van der Waals surface area contributed by atoms with Crippen LogP contribution < -0.4 is 10.6 Å². The SMILES string of the molecule is Nc1ccccc1CN(c1nccc2occc12)C1CC1. The lowest BCUT2D eigenvalue weighted by atomic mass is 10.1. The van der Waals surface area contributed by atoms with E-state index in [2.05, 4.69) is 16.0 Å². The van der Waals surface area contributed by atoms with E-state index in [0.29, 0.717) is 6.04 Å². The van der Waals surface area contributed by atoms with E-state index in [4.69, 9.17) is 10.2 Å². The highest BCUT2D eigenvalue weighted by Gasteiger charge is 2.31. The van der Waals surface area contributed by atoms with E-state index in [0.717, 1.165) is 34.6 Å². The molecule has 0 bridgehead atoms. The van der Waals surface area contributed by atoms with Gasteiger partial charge in [0.1, 0.15) is 11.4 Å². The third-order valence-corrected chi connectivity index (χ3v) is 4.01. The number of hydrogen-bond acceptors (Lipinski definition) is 4. The van der Waals surface area contributed by atoms with Gasteiger partial charge in [0.15, 0.2) is 0 Å². The number of nitrogens with zero attached hydrogens (tertiary/aromatic N) is 2. The molecular weight excluding hydrogens is 262 g/mol. The highest BCUT2D eigenvalue weighted by molar-refractivity contribution is 5.88. The van der Waals surface area contributed by atoms with Gasteiger partial charge in [-0.3, -0.25) is 0 Å². The van der Waals surface area contributed by atoms with Crippen molar-refractivity contribution in [1.29, 1.82) is 0 Å². The monoisotopic (exact) mass is 279 g/mol. The zero-order valence-corrected chi connectivity index (χ0v) is 11.7. The smallest absolute Gasteiger partial charge is 0.140 e. The Morgan fingerprint density at radius 3 is 2.86 bits per heavy atom. The average Bonchev–Trinajstić information content (AvgIpc) is 3.22. The van der Waals surface area contributed by atoms with Crippen LogP contribution in [0.15, 0.2) is 53.3 Å². The number of hydrogen-bond donors (Lipinski definition) is 1. The summed E-state index contributed by atoms with van der Waals surface area (Å²) in [5.41, 5.74) is 8.96. The molecule has 0 unspecified atom stereocenters. The number of fused-ring (bicyclic) bond motifs is 1. The molecule has 0 amide bonds. The quantitative estimate of drug-likeness (QED) is 0.742. The van der Waals surface area contributed by atoms with Crippen LogP contribution in [0.25, 0.3) is 11.0 Å². The third-order valence-electron chi connectivity index (χ3n) is 4.01. The first kappa shape index (κ1) is 12.3. The number of nitrogens with two attached hydrogens (primary N) is 1. The number of anilines is 2. The topological polar surface area (TPSA) is 55.3 Å². The van der Waals surface area contributed by atoms with Gasteiger partial charge < -0.3 is 15.1 Å². The first-order chi connectivity index (χ1) is 10.3.